The maximum Gasteiger partial charge on any atom is 0.417 e. The largest absolute Gasteiger partial charge is 0.417 e. The van der Waals surface area contributed by atoms with Gasteiger partial charge in [-0.1, -0.05) is 26.0 Å². The summed E-state index contributed by atoms with van der Waals surface area (Å²) in [6.07, 6.45) is -14.6. The molecule has 0 spiro atoms. The van der Waals surface area contributed by atoms with Gasteiger partial charge < -0.3 is 0 Å². The normalized spacial score (nSPS) is 13.3. The molecule has 0 fully saturated rings. The van der Waals surface area contributed by atoms with Crippen LogP contribution in [0.5, 0.6) is 0 Å². The van der Waals surface area contributed by atoms with Gasteiger partial charge in [0.2, 0.25) is 0 Å². The average Bonchev–Trinajstić information content (AvgIpc) is 2.51. The van der Waals surface area contributed by atoms with E-state index in [1.54, 1.807) is 0 Å². The van der Waals surface area contributed by atoms with Crippen LogP contribution in [0.25, 0.3) is 11.1 Å². The van der Waals surface area contributed by atoms with Gasteiger partial charge in [0.05, 0.1) is 16.7 Å². The summed E-state index contributed by atoms with van der Waals surface area (Å²) in [5.41, 5.74) is -5.22. The standard InChI is InChI=1S/C18H13F9/c1-9(2)12-7-10(3-5-14(12)17(22,23)24)13-8-11(16(19,20)21)4-6-15(13)18(25,26)27/h3-9H,1-2H3. The number of halogens is 9. The zero-order valence-electron chi connectivity index (χ0n) is 13.9. The zero-order valence-corrected chi connectivity index (χ0v) is 13.9. The molecule has 0 saturated heterocycles. The molecule has 148 valence electrons. The highest BCUT2D eigenvalue weighted by molar-refractivity contribution is 5.70. The molecule has 2 aromatic rings. The van der Waals surface area contributed by atoms with Crippen molar-refractivity contribution in [3.8, 4) is 11.1 Å². The lowest BCUT2D eigenvalue weighted by Gasteiger charge is -2.20. The van der Waals surface area contributed by atoms with Gasteiger partial charge >= 0.3 is 18.5 Å². The number of alkyl halides is 9. The maximum atomic E-state index is 13.2. The van der Waals surface area contributed by atoms with Crippen LogP contribution in [0.3, 0.4) is 0 Å². The Kier molecular flexibility index (Phi) is 5.29. The quantitative estimate of drug-likeness (QED) is 0.457. The van der Waals surface area contributed by atoms with Crippen molar-refractivity contribution >= 4 is 0 Å². The van der Waals surface area contributed by atoms with Gasteiger partial charge in [-0.2, -0.15) is 39.5 Å². The van der Waals surface area contributed by atoms with Crippen molar-refractivity contribution in [2.75, 3.05) is 0 Å². The minimum atomic E-state index is -4.97. The lowest BCUT2D eigenvalue weighted by Crippen LogP contribution is -2.12. The maximum absolute atomic E-state index is 13.2. The lowest BCUT2D eigenvalue weighted by molar-refractivity contribution is -0.141. The van der Waals surface area contributed by atoms with Gasteiger partial charge in [-0.3, -0.25) is 0 Å². The molecule has 0 radical (unpaired) electrons. The molecule has 0 nitrogen and oxygen atoms in total. The summed E-state index contributed by atoms with van der Waals surface area (Å²) in [6.45, 7) is 2.82. The summed E-state index contributed by atoms with van der Waals surface area (Å²) in [5.74, 6) is -0.707. The molecule has 0 amide bonds. The third-order valence-electron chi connectivity index (χ3n) is 3.94. The first kappa shape index (κ1) is 21.1. The first-order valence-corrected chi connectivity index (χ1v) is 7.62. The molecule has 2 rings (SSSR count). The van der Waals surface area contributed by atoms with Gasteiger partial charge in [-0.15, -0.1) is 0 Å². The fourth-order valence-electron chi connectivity index (χ4n) is 2.67. The van der Waals surface area contributed by atoms with Crippen LogP contribution in [0.1, 0.15) is 42.0 Å². The second-order valence-corrected chi connectivity index (χ2v) is 6.21. The molecule has 0 aliphatic heterocycles. The van der Waals surface area contributed by atoms with Crippen molar-refractivity contribution in [1.29, 1.82) is 0 Å². The SMILES string of the molecule is CC(C)c1cc(-c2cc(C(F)(F)F)ccc2C(F)(F)F)ccc1C(F)(F)F. The lowest BCUT2D eigenvalue weighted by atomic mass is 9.90. The Labute approximate surface area is 148 Å². The molecule has 0 bridgehead atoms. The molecule has 0 unspecified atom stereocenters. The van der Waals surface area contributed by atoms with Crippen molar-refractivity contribution in [1.82, 2.24) is 0 Å². The van der Waals surface area contributed by atoms with Crippen LogP contribution in [0.4, 0.5) is 39.5 Å². The highest BCUT2D eigenvalue weighted by atomic mass is 19.4. The van der Waals surface area contributed by atoms with Crippen LogP contribution < -0.4 is 0 Å². The molecule has 0 N–H and O–H groups in total. The summed E-state index contributed by atoms with van der Waals surface area (Å²) >= 11 is 0. The van der Waals surface area contributed by atoms with Gasteiger partial charge in [0.15, 0.2) is 0 Å². The van der Waals surface area contributed by atoms with Crippen LogP contribution >= 0.6 is 0 Å². The minimum absolute atomic E-state index is 0.283. The second-order valence-electron chi connectivity index (χ2n) is 6.21. The molecular weight excluding hydrogens is 387 g/mol. The van der Waals surface area contributed by atoms with E-state index in [4.69, 9.17) is 0 Å². The number of rotatable bonds is 2. The number of hydrogen-bond donors (Lipinski definition) is 0. The van der Waals surface area contributed by atoms with E-state index >= 15 is 0 Å². The van der Waals surface area contributed by atoms with E-state index in [2.05, 4.69) is 0 Å². The van der Waals surface area contributed by atoms with Crippen molar-refractivity contribution < 1.29 is 39.5 Å². The molecule has 2 aromatic carbocycles. The monoisotopic (exact) mass is 400 g/mol. The topological polar surface area (TPSA) is 0 Å². The van der Waals surface area contributed by atoms with Crippen molar-refractivity contribution in [2.45, 2.75) is 38.3 Å². The van der Waals surface area contributed by atoms with E-state index in [0.29, 0.717) is 18.2 Å². The predicted molar refractivity (Wildman–Crippen MR) is 81.0 cm³/mol. The first-order valence-electron chi connectivity index (χ1n) is 7.62. The molecular formula is C18H13F9. The molecule has 27 heavy (non-hydrogen) atoms. The van der Waals surface area contributed by atoms with Crippen LogP contribution in [0.15, 0.2) is 36.4 Å². The number of benzene rings is 2. The third kappa shape index (κ3) is 4.56. The van der Waals surface area contributed by atoms with Crippen LogP contribution in [0, 0.1) is 0 Å². The van der Waals surface area contributed by atoms with Crippen LogP contribution in [-0.2, 0) is 18.5 Å². The Bertz CT molecular complexity index is 824. The summed E-state index contributed by atoms with van der Waals surface area (Å²) < 4.78 is 118. The summed E-state index contributed by atoms with van der Waals surface area (Å²) in [7, 11) is 0. The third-order valence-corrected chi connectivity index (χ3v) is 3.94. The molecule has 0 aliphatic rings. The second kappa shape index (κ2) is 6.76. The zero-order chi connectivity index (χ0) is 20.8. The van der Waals surface area contributed by atoms with Crippen molar-refractivity contribution in [3.63, 3.8) is 0 Å². The van der Waals surface area contributed by atoms with Gasteiger partial charge in [0.1, 0.15) is 0 Å². The summed E-state index contributed by atoms with van der Waals surface area (Å²) in [6, 6.07) is 3.07. The van der Waals surface area contributed by atoms with Gasteiger partial charge in [0, 0.05) is 0 Å². The average molecular weight is 400 g/mol. The van der Waals surface area contributed by atoms with Crippen LogP contribution in [0.2, 0.25) is 0 Å². The number of hydrogen-bond acceptors (Lipinski definition) is 0. The van der Waals surface area contributed by atoms with E-state index in [0.717, 1.165) is 12.1 Å². The van der Waals surface area contributed by atoms with Crippen molar-refractivity contribution in [2.24, 2.45) is 0 Å². The Balaban J connectivity index is 2.78. The summed E-state index contributed by atoms with van der Waals surface area (Å²) in [4.78, 5) is 0. The van der Waals surface area contributed by atoms with Gasteiger partial charge in [-0.25, -0.2) is 0 Å². The first-order chi connectivity index (χ1) is 12.1. The highest BCUT2D eigenvalue weighted by Crippen LogP contribution is 2.43. The molecule has 0 heterocycles. The van der Waals surface area contributed by atoms with E-state index in [-0.39, 0.29) is 17.2 Å². The Morgan fingerprint density at radius 3 is 1.59 bits per heavy atom. The van der Waals surface area contributed by atoms with E-state index in [1.165, 1.54) is 13.8 Å². The molecule has 0 aliphatic carbocycles. The molecule has 0 aromatic heterocycles. The van der Waals surface area contributed by atoms with Gasteiger partial charge in [0.25, 0.3) is 0 Å². The fourth-order valence-corrected chi connectivity index (χ4v) is 2.67. The Morgan fingerprint density at radius 2 is 1.15 bits per heavy atom. The minimum Gasteiger partial charge on any atom is -0.166 e. The Morgan fingerprint density at radius 1 is 0.630 bits per heavy atom. The molecule has 0 atom stereocenters. The predicted octanol–water partition coefficient (Wildman–Crippen LogP) is 7.53. The Hall–Kier alpha value is -2.19. The fraction of sp³-hybridized carbons (Fsp3) is 0.333. The smallest absolute Gasteiger partial charge is 0.166 e. The van der Waals surface area contributed by atoms with E-state index < -0.39 is 46.7 Å². The van der Waals surface area contributed by atoms with E-state index in [9.17, 15) is 39.5 Å². The van der Waals surface area contributed by atoms with Crippen LogP contribution in [-0.4, -0.2) is 0 Å². The summed E-state index contributed by atoms with van der Waals surface area (Å²) in [5, 5.41) is 0. The van der Waals surface area contributed by atoms with E-state index in [1.807, 2.05) is 0 Å². The van der Waals surface area contributed by atoms with Gasteiger partial charge in [-0.05, 0) is 46.9 Å². The van der Waals surface area contributed by atoms with Crippen molar-refractivity contribution in [3.05, 3.63) is 58.7 Å². The molecule has 9 heteroatoms. The highest BCUT2D eigenvalue weighted by Gasteiger charge is 2.38. The molecule has 0 saturated carbocycles.